The summed E-state index contributed by atoms with van der Waals surface area (Å²) in [6.07, 6.45) is 3.50. The number of carbonyl (C=O) groups excluding carboxylic acids is 1. The maximum atomic E-state index is 14.0. The lowest BCUT2D eigenvalue weighted by Gasteiger charge is -2.63. The SMILES string of the molecule is C=CC(=O)Nc1cc(Nc2cc(N3OCC[C@@H]3c3cccc(-c4cccc(F)c4)c3)ncn2)c(OC)cc1N1CC2(C1)CN(C1COC1)C2. The van der Waals surface area contributed by atoms with Gasteiger partial charge in [0.15, 0.2) is 5.82 Å². The number of rotatable bonds is 10. The van der Waals surface area contributed by atoms with Crippen LogP contribution in [0.15, 0.2) is 85.7 Å². The van der Waals surface area contributed by atoms with Gasteiger partial charge in [-0.05, 0) is 47.0 Å². The van der Waals surface area contributed by atoms with Gasteiger partial charge in [-0.15, -0.1) is 0 Å². The lowest BCUT2D eigenvalue weighted by molar-refractivity contribution is -0.137. The first-order valence-electron chi connectivity index (χ1n) is 16.5. The van der Waals surface area contributed by atoms with Crippen molar-refractivity contribution in [2.45, 2.75) is 18.5 Å². The van der Waals surface area contributed by atoms with E-state index in [4.69, 9.17) is 14.3 Å². The van der Waals surface area contributed by atoms with Crippen molar-refractivity contribution in [3.63, 3.8) is 0 Å². The van der Waals surface area contributed by atoms with Crippen molar-refractivity contribution in [2.75, 3.05) is 73.7 Å². The van der Waals surface area contributed by atoms with E-state index in [0.29, 0.717) is 41.4 Å². The third-order valence-corrected chi connectivity index (χ3v) is 9.84. The third-order valence-electron chi connectivity index (χ3n) is 9.84. The van der Waals surface area contributed by atoms with Crippen LogP contribution in [0.5, 0.6) is 5.75 Å². The largest absolute Gasteiger partial charge is 0.494 e. The zero-order valence-electron chi connectivity index (χ0n) is 27.3. The molecule has 4 aromatic rings. The molecule has 8 rings (SSSR count). The van der Waals surface area contributed by atoms with Gasteiger partial charge in [-0.25, -0.2) is 19.4 Å². The number of carbonyl (C=O) groups is 1. The highest BCUT2D eigenvalue weighted by atomic mass is 19.1. The van der Waals surface area contributed by atoms with Crippen molar-refractivity contribution in [2.24, 2.45) is 5.41 Å². The van der Waals surface area contributed by atoms with Crippen LogP contribution < -0.4 is 25.3 Å². The van der Waals surface area contributed by atoms with E-state index >= 15 is 0 Å². The summed E-state index contributed by atoms with van der Waals surface area (Å²) in [4.78, 5) is 32.4. The number of nitrogens with one attached hydrogen (secondary N) is 2. The first-order valence-corrected chi connectivity index (χ1v) is 16.5. The number of hydroxylamine groups is 1. The molecule has 4 aliphatic rings. The molecule has 0 bridgehead atoms. The zero-order valence-corrected chi connectivity index (χ0v) is 27.3. The first kappa shape index (κ1) is 31.2. The number of halogens is 1. The molecule has 3 aromatic carbocycles. The number of likely N-dealkylation sites (tertiary alicyclic amines) is 1. The minimum absolute atomic E-state index is 0.101. The Labute approximate surface area is 284 Å². The summed E-state index contributed by atoms with van der Waals surface area (Å²) >= 11 is 0. The Kier molecular flexibility index (Phi) is 8.14. The summed E-state index contributed by atoms with van der Waals surface area (Å²) in [5.74, 6) is 1.15. The smallest absolute Gasteiger partial charge is 0.247 e. The summed E-state index contributed by atoms with van der Waals surface area (Å²) in [6, 6.07) is 20.7. The average molecular weight is 664 g/mol. The standard InChI is InChI=1S/C37H38FN7O4/c1-3-36(46)42-29-14-30(33(47-2)15-32(29)44-21-37(22-44)19-43(20-37)28-17-48-18-28)41-34-16-35(40-23-39-34)45-31(10-11-49-45)26-8-4-6-24(12-26)25-7-5-9-27(38)13-25/h3-9,12-16,23,28,31H,1,10-11,17-22H2,2H3,(H,42,46)(H,39,40,41)/t31-/m1/s1. The number of methoxy groups -OCH3 is 1. The molecule has 1 spiro atoms. The molecule has 49 heavy (non-hydrogen) atoms. The van der Waals surface area contributed by atoms with E-state index in [9.17, 15) is 9.18 Å². The predicted molar refractivity (Wildman–Crippen MR) is 186 cm³/mol. The molecule has 11 nitrogen and oxygen atoms in total. The lowest BCUT2D eigenvalue weighted by atomic mass is 9.71. The topological polar surface area (TPSA) is 104 Å². The van der Waals surface area contributed by atoms with Crippen molar-refractivity contribution in [3.05, 3.63) is 97.1 Å². The van der Waals surface area contributed by atoms with Crippen molar-refractivity contribution < 1.29 is 23.5 Å². The van der Waals surface area contributed by atoms with E-state index in [1.54, 1.807) is 18.2 Å². The molecular formula is C37H38FN7O4. The number of nitrogens with zero attached hydrogens (tertiary/aromatic N) is 5. The van der Waals surface area contributed by atoms with Crippen molar-refractivity contribution in [3.8, 4) is 16.9 Å². The highest BCUT2D eigenvalue weighted by molar-refractivity contribution is 6.02. The number of benzene rings is 3. The van der Waals surface area contributed by atoms with Crippen LogP contribution in [0.3, 0.4) is 0 Å². The molecule has 4 fully saturated rings. The molecule has 1 atom stereocenters. The molecule has 4 aliphatic heterocycles. The fraction of sp³-hybridized carbons (Fsp3) is 0.324. The van der Waals surface area contributed by atoms with Crippen LogP contribution in [-0.2, 0) is 14.4 Å². The Morgan fingerprint density at radius 3 is 2.55 bits per heavy atom. The summed E-state index contributed by atoms with van der Waals surface area (Å²) < 4.78 is 25.2. The molecule has 1 amide bonds. The molecule has 4 saturated heterocycles. The number of hydrogen-bond acceptors (Lipinski definition) is 10. The van der Waals surface area contributed by atoms with Gasteiger partial charge in [0, 0.05) is 50.1 Å². The van der Waals surface area contributed by atoms with Gasteiger partial charge in [-0.1, -0.05) is 36.9 Å². The van der Waals surface area contributed by atoms with Crippen LogP contribution in [0.25, 0.3) is 11.1 Å². The summed E-state index contributed by atoms with van der Waals surface area (Å²) in [6.45, 7) is 9.76. The summed E-state index contributed by atoms with van der Waals surface area (Å²) in [7, 11) is 1.63. The third kappa shape index (κ3) is 6.07. The second kappa shape index (κ2) is 12.8. The quantitative estimate of drug-likeness (QED) is 0.210. The summed E-state index contributed by atoms with van der Waals surface area (Å²) in [5.41, 5.74) is 5.22. The number of amides is 1. The van der Waals surface area contributed by atoms with Crippen molar-refractivity contribution >= 4 is 34.6 Å². The number of ether oxygens (including phenoxy) is 2. The van der Waals surface area contributed by atoms with Gasteiger partial charge in [0.1, 0.15) is 23.7 Å². The Morgan fingerprint density at radius 2 is 1.82 bits per heavy atom. The van der Waals surface area contributed by atoms with Crippen LogP contribution in [0.2, 0.25) is 0 Å². The maximum absolute atomic E-state index is 14.0. The van der Waals surface area contributed by atoms with Crippen LogP contribution in [-0.4, -0.2) is 79.9 Å². The first-order chi connectivity index (χ1) is 23.9. The molecule has 0 saturated carbocycles. The Morgan fingerprint density at radius 1 is 1.02 bits per heavy atom. The molecule has 0 aliphatic carbocycles. The van der Waals surface area contributed by atoms with Crippen LogP contribution >= 0.6 is 0 Å². The van der Waals surface area contributed by atoms with E-state index in [2.05, 4.69) is 43.0 Å². The predicted octanol–water partition coefficient (Wildman–Crippen LogP) is 5.56. The second-order valence-corrected chi connectivity index (χ2v) is 13.2. The van der Waals surface area contributed by atoms with Gasteiger partial charge in [-0.3, -0.25) is 14.5 Å². The van der Waals surface area contributed by atoms with Crippen LogP contribution in [0, 0.1) is 11.2 Å². The van der Waals surface area contributed by atoms with Gasteiger partial charge >= 0.3 is 0 Å². The fourth-order valence-electron chi connectivity index (χ4n) is 7.29. The molecule has 252 valence electrons. The van der Waals surface area contributed by atoms with E-state index in [-0.39, 0.29) is 23.2 Å². The molecule has 12 heteroatoms. The molecular weight excluding hydrogens is 625 g/mol. The summed E-state index contributed by atoms with van der Waals surface area (Å²) in [5, 5.41) is 8.16. The minimum Gasteiger partial charge on any atom is -0.494 e. The molecule has 1 aromatic heterocycles. The Hall–Kier alpha value is -5.04. The Balaban J connectivity index is 1.02. The maximum Gasteiger partial charge on any atom is 0.247 e. The molecule has 5 heterocycles. The average Bonchev–Trinajstić information content (AvgIpc) is 3.55. The highest BCUT2D eigenvalue weighted by Crippen LogP contribution is 2.47. The van der Waals surface area contributed by atoms with E-state index < -0.39 is 0 Å². The number of aromatic nitrogens is 2. The van der Waals surface area contributed by atoms with Crippen LogP contribution in [0.1, 0.15) is 18.0 Å². The normalized spacial score (nSPS) is 19.9. The van der Waals surface area contributed by atoms with E-state index in [0.717, 1.165) is 68.2 Å². The molecule has 0 unspecified atom stereocenters. The molecule has 0 radical (unpaired) electrons. The van der Waals surface area contributed by atoms with Crippen molar-refractivity contribution in [1.29, 1.82) is 0 Å². The highest BCUT2D eigenvalue weighted by Gasteiger charge is 2.54. The van der Waals surface area contributed by atoms with Crippen LogP contribution in [0.4, 0.5) is 33.1 Å². The second-order valence-electron chi connectivity index (χ2n) is 13.2. The monoisotopic (exact) mass is 663 g/mol. The van der Waals surface area contributed by atoms with Gasteiger partial charge in [-0.2, -0.15) is 0 Å². The van der Waals surface area contributed by atoms with Gasteiger partial charge in [0.25, 0.3) is 0 Å². The van der Waals surface area contributed by atoms with Crippen molar-refractivity contribution in [1.82, 2.24) is 14.9 Å². The zero-order chi connectivity index (χ0) is 33.5. The molecule has 2 N–H and O–H groups in total. The Bertz CT molecular complexity index is 1890. The minimum atomic E-state index is -0.296. The fourth-order valence-corrected chi connectivity index (χ4v) is 7.29. The number of anilines is 5. The lowest BCUT2D eigenvalue weighted by Crippen LogP contribution is -2.75. The van der Waals surface area contributed by atoms with E-state index in [1.807, 2.05) is 42.5 Å². The van der Waals surface area contributed by atoms with Gasteiger partial charge in [0.2, 0.25) is 5.91 Å². The van der Waals surface area contributed by atoms with Gasteiger partial charge < -0.3 is 25.0 Å². The number of hydrogen-bond donors (Lipinski definition) is 2. The van der Waals surface area contributed by atoms with E-state index in [1.165, 1.54) is 24.5 Å². The van der Waals surface area contributed by atoms with Gasteiger partial charge in [0.05, 0.1) is 56.1 Å².